The molecule has 1 fully saturated rings. The van der Waals surface area contributed by atoms with E-state index in [4.69, 9.17) is 0 Å². The molecule has 1 N–H and O–H groups in total. The van der Waals surface area contributed by atoms with Crippen molar-refractivity contribution in [2.75, 3.05) is 38.0 Å². The van der Waals surface area contributed by atoms with Crippen LogP contribution in [0.2, 0.25) is 0 Å². The molecule has 1 aliphatic heterocycles. The largest absolute Gasteiger partial charge is 0.370 e. The summed E-state index contributed by atoms with van der Waals surface area (Å²) in [6.07, 6.45) is 4.10. The fourth-order valence-corrected chi connectivity index (χ4v) is 2.58. The van der Waals surface area contributed by atoms with Gasteiger partial charge in [0.1, 0.15) is 5.82 Å². The van der Waals surface area contributed by atoms with E-state index in [1.807, 2.05) is 17.2 Å². The molecule has 1 aliphatic rings. The van der Waals surface area contributed by atoms with Crippen LogP contribution in [0, 0.1) is 0 Å². The Balaban J connectivity index is 1.85. The maximum absolute atomic E-state index is 11.4. The number of hydrogen-bond donors (Lipinski definition) is 1. The standard InChI is InChI=1S/C16H26N4O/c1-3-7-17-16-6-5-15(12-18-16)13-19-8-4-9-20(11-10-19)14(2)21/h5-6,12H,3-4,7-11,13H2,1-2H3,(H,17,18). The molecule has 0 aliphatic carbocycles. The Morgan fingerprint density at radius 3 is 2.81 bits per heavy atom. The van der Waals surface area contributed by atoms with Crippen molar-refractivity contribution >= 4 is 11.7 Å². The van der Waals surface area contributed by atoms with Crippen LogP contribution in [0.1, 0.15) is 32.3 Å². The molecule has 1 saturated heterocycles. The Morgan fingerprint density at radius 1 is 1.29 bits per heavy atom. The van der Waals surface area contributed by atoms with Crippen LogP contribution in [-0.4, -0.2) is 53.4 Å². The van der Waals surface area contributed by atoms with Crippen molar-refractivity contribution < 1.29 is 4.79 Å². The molecule has 21 heavy (non-hydrogen) atoms. The van der Waals surface area contributed by atoms with Gasteiger partial charge in [0.05, 0.1) is 0 Å². The smallest absolute Gasteiger partial charge is 0.219 e. The molecule has 0 atom stereocenters. The number of nitrogens with one attached hydrogen (secondary N) is 1. The SMILES string of the molecule is CCCNc1ccc(CN2CCCN(C(C)=O)CC2)cn1. The summed E-state index contributed by atoms with van der Waals surface area (Å²) in [4.78, 5) is 20.2. The monoisotopic (exact) mass is 290 g/mol. The first-order valence-electron chi connectivity index (χ1n) is 7.85. The van der Waals surface area contributed by atoms with Gasteiger partial charge in [-0.15, -0.1) is 0 Å². The highest BCUT2D eigenvalue weighted by Gasteiger charge is 2.16. The highest BCUT2D eigenvalue weighted by molar-refractivity contribution is 5.73. The van der Waals surface area contributed by atoms with Crippen molar-refractivity contribution in [2.45, 2.75) is 33.2 Å². The predicted molar refractivity (Wildman–Crippen MR) is 85.2 cm³/mol. The van der Waals surface area contributed by atoms with Crippen molar-refractivity contribution in [1.29, 1.82) is 0 Å². The molecule has 5 nitrogen and oxygen atoms in total. The van der Waals surface area contributed by atoms with E-state index in [1.54, 1.807) is 6.92 Å². The topological polar surface area (TPSA) is 48.5 Å². The van der Waals surface area contributed by atoms with Crippen LogP contribution in [-0.2, 0) is 11.3 Å². The van der Waals surface area contributed by atoms with E-state index < -0.39 is 0 Å². The molecule has 0 bridgehead atoms. The summed E-state index contributed by atoms with van der Waals surface area (Å²) in [6.45, 7) is 9.36. The Bertz CT molecular complexity index is 446. The number of aromatic nitrogens is 1. The van der Waals surface area contributed by atoms with Gasteiger partial charge in [0.2, 0.25) is 5.91 Å². The second-order valence-electron chi connectivity index (χ2n) is 5.61. The number of amides is 1. The van der Waals surface area contributed by atoms with Crippen LogP contribution in [0.25, 0.3) is 0 Å². The molecule has 0 radical (unpaired) electrons. The molecule has 2 rings (SSSR count). The van der Waals surface area contributed by atoms with E-state index in [0.717, 1.165) is 57.9 Å². The fraction of sp³-hybridized carbons (Fsp3) is 0.625. The zero-order valence-electron chi connectivity index (χ0n) is 13.1. The van der Waals surface area contributed by atoms with Crippen molar-refractivity contribution in [1.82, 2.24) is 14.8 Å². The van der Waals surface area contributed by atoms with Gasteiger partial charge in [-0.05, 0) is 24.5 Å². The minimum Gasteiger partial charge on any atom is -0.370 e. The maximum Gasteiger partial charge on any atom is 0.219 e. The maximum atomic E-state index is 11.4. The summed E-state index contributed by atoms with van der Waals surface area (Å²) in [5.74, 6) is 1.13. The molecule has 1 amide bonds. The third-order valence-electron chi connectivity index (χ3n) is 3.82. The van der Waals surface area contributed by atoms with Crippen LogP contribution in [0.4, 0.5) is 5.82 Å². The Morgan fingerprint density at radius 2 is 2.14 bits per heavy atom. The van der Waals surface area contributed by atoms with Gasteiger partial charge in [0.25, 0.3) is 0 Å². The number of rotatable bonds is 5. The van der Waals surface area contributed by atoms with Crippen molar-refractivity contribution in [3.8, 4) is 0 Å². The average Bonchev–Trinajstić information content (AvgIpc) is 2.72. The zero-order valence-corrected chi connectivity index (χ0v) is 13.1. The quantitative estimate of drug-likeness (QED) is 0.900. The van der Waals surface area contributed by atoms with Crippen LogP contribution in [0.3, 0.4) is 0 Å². The lowest BCUT2D eigenvalue weighted by molar-refractivity contribution is -0.128. The molecule has 116 valence electrons. The highest BCUT2D eigenvalue weighted by Crippen LogP contribution is 2.10. The minimum absolute atomic E-state index is 0.185. The van der Waals surface area contributed by atoms with Gasteiger partial charge < -0.3 is 10.2 Å². The molecule has 5 heteroatoms. The first-order chi connectivity index (χ1) is 10.2. The van der Waals surface area contributed by atoms with Gasteiger partial charge in [-0.3, -0.25) is 9.69 Å². The summed E-state index contributed by atoms with van der Waals surface area (Å²) >= 11 is 0. The van der Waals surface area contributed by atoms with E-state index in [1.165, 1.54) is 5.56 Å². The minimum atomic E-state index is 0.185. The summed E-state index contributed by atoms with van der Waals surface area (Å²) in [7, 11) is 0. The predicted octanol–water partition coefficient (Wildman–Crippen LogP) is 1.96. The van der Waals surface area contributed by atoms with Gasteiger partial charge in [-0.1, -0.05) is 13.0 Å². The lowest BCUT2D eigenvalue weighted by atomic mass is 10.2. The molecule has 1 aromatic heterocycles. The molecule has 2 heterocycles. The van der Waals surface area contributed by atoms with E-state index in [2.05, 4.69) is 28.2 Å². The molecular formula is C16H26N4O. The molecule has 0 spiro atoms. The summed E-state index contributed by atoms with van der Waals surface area (Å²) in [6, 6.07) is 4.18. The number of nitrogens with zero attached hydrogens (tertiary/aromatic N) is 3. The number of anilines is 1. The lowest BCUT2D eigenvalue weighted by Gasteiger charge is -2.21. The molecule has 0 saturated carbocycles. The van der Waals surface area contributed by atoms with Crippen molar-refractivity contribution in [3.63, 3.8) is 0 Å². The molecule has 1 aromatic rings. The van der Waals surface area contributed by atoms with E-state index >= 15 is 0 Å². The number of carbonyl (C=O) groups is 1. The second-order valence-corrected chi connectivity index (χ2v) is 5.61. The van der Waals surface area contributed by atoms with Crippen LogP contribution in [0.15, 0.2) is 18.3 Å². The van der Waals surface area contributed by atoms with Gasteiger partial charge in [-0.2, -0.15) is 0 Å². The second kappa shape index (κ2) is 7.98. The summed E-state index contributed by atoms with van der Waals surface area (Å²) in [5.41, 5.74) is 1.23. The van der Waals surface area contributed by atoms with Crippen molar-refractivity contribution in [2.24, 2.45) is 0 Å². The molecule has 0 unspecified atom stereocenters. The normalized spacial score (nSPS) is 16.6. The van der Waals surface area contributed by atoms with E-state index in [9.17, 15) is 4.79 Å². The fourth-order valence-electron chi connectivity index (χ4n) is 2.58. The first-order valence-corrected chi connectivity index (χ1v) is 7.85. The zero-order chi connectivity index (χ0) is 15.1. The van der Waals surface area contributed by atoms with Crippen LogP contribution >= 0.6 is 0 Å². The third kappa shape index (κ3) is 5.01. The average molecular weight is 290 g/mol. The van der Waals surface area contributed by atoms with E-state index in [0.29, 0.717) is 0 Å². The summed E-state index contributed by atoms with van der Waals surface area (Å²) < 4.78 is 0. The number of hydrogen-bond acceptors (Lipinski definition) is 4. The number of pyridine rings is 1. The third-order valence-corrected chi connectivity index (χ3v) is 3.82. The number of carbonyl (C=O) groups excluding carboxylic acids is 1. The van der Waals surface area contributed by atoms with Crippen LogP contribution < -0.4 is 5.32 Å². The Kier molecular flexibility index (Phi) is 5.99. The van der Waals surface area contributed by atoms with E-state index in [-0.39, 0.29) is 5.91 Å². The Hall–Kier alpha value is -1.62. The van der Waals surface area contributed by atoms with Crippen LogP contribution in [0.5, 0.6) is 0 Å². The Labute approximate surface area is 127 Å². The lowest BCUT2D eigenvalue weighted by Crippen LogP contribution is -2.33. The van der Waals surface area contributed by atoms with Crippen molar-refractivity contribution in [3.05, 3.63) is 23.9 Å². The van der Waals surface area contributed by atoms with Gasteiger partial charge in [-0.25, -0.2) is 4.98 Å². The summed E-state index contributed by atoms with van der Waals surface area (Å²) in [5, 5.41) is 3.28. The van der Waals surface area contributed by atoms with Gasteiger partial charge in [0.15, 0.2) is 0 Å². The molecular weight excluding hydrogens is 264 g/mol. The van der Waals surface area contributed by atoms with Gasteiger partial charge in [0, 0.05) is 52.4 Å². The highest BCUT2D eigenvalue weighted by atomic mass is 16.2. The van der Waals surface area contributed by atoms with Gasteiger partial charge >= 0.3 is 0 Å². The molecule has 0 aromatic carbocycles. The first kappa shape index (κ1) is 15.8.